The standard InChI is InChI=1S/C25H19N3S2/c1-4-12-20(13-5-1)25(29-21-14-6-2-7-15-21,30-22-16-8-3-9-17-22)28-24-19-11-10-18-23(24)26-27-28/h1-19H. The summed E-state index contributed by atoms with van der Waals surface area (Å²) in [7, 11) is 0. The Kier molecular flexibility index (Phi) is 5.30. The van der Waals surface area contributed by atoms with Crippen molar-refractivity contribution in [3.63, 3.8) is 0 Å². The minimum atomic E-state index is -0.569. The molecule has 30 heavy (non-hydrogen) atoms. The minimum Gasteiger partial charge on any atom is -0.213 e. The van der Waals surface area contributed by atoms with Crippen LogP contribution in [0.2, 0.25) is 0 Å². The molecule has 5 heteroatoms. The molecule has 1 heterocycles. The average Bonchev–Trinajstić information content (AvgIpc) is 3.25. The van der Waals surface area contributed by atoms with Crippen LogP contribution in [-0.4, -0.2) is 15.0 Å². The van der Waals surface area contributed by atoms with Crippen molar-refractivity contribution in [2.24, 2.45) is 0 Å². The van der Waals surface area contributed by atoms with Gasteiger partial charge < -0.3 is 0 Å². The monoisotopic (exact) mass is 425 g/mol. The maximum Gasteiger partial charge on any atom is 0.190 e. The number of aromatic nitrogens is 3. The number of benzene rings is 4. The molecule has 4 aromatic carbocycles. The highest BCUT2D eigenvalue weighted by Crippen LogP contribution is 2.54. The molecule has 0 aliphatic rings. The van der Waals surface area contributed by atoms with Gasteiger partial charge in [-0.2, -0.15) is 0 Å². The summed E-state index contributed by atoms with van der Waals surface area (Å²) >= 11 is 3.56. The lowest BCUT2D eigenvalue weighted by molar-refractivity contribution is 0.615. The summed E-state index contributed by atoms with van der Waals surface area (Å²) in [6, 6.07) is 39.7. The van der Waals surface area contributed by atoms with Crippen molar-refractivity contribution in [1.29, 1.82) is 0 Å². The third-order valence-electron chi connectivity index (χ3n) is 4.77. The van der Waals surface area contributed by atoms with Gasteiger partial charge in [-0.3, -0.25) is 0 Å². The van der Waals surface area contributed by atoms with Crippen LogP contribution >= 0.6 is 23.5 Å². The van der Waals surface area contributed by atoms with Crippen LogP contribution in [-0.2, 0) is 4.20 Å². The van der Waals surface area contributed by atoms with Gasteiger partial charge in [0.05, 0.1) is 5.52 Å². The molecule has 0 fully saturated rings. The van der Waals surface area contributed by atoms with Crippen molar-refractivity contribution < 1.29 is 0 Å². The Morgan fingerprint density at radius 3 is 1.67 bits per heavy atom. The van der Waals surface area contributed by atoms with Crippen LogP contribution in [0.4, 0.5) is 0 Å². The van der Waals surface area contributed by atoms with E-state index in [-0.39, 0.29) is 0 Å². The van der Waals surface area contributed by atoms with E-state index in [1.165, 1.54) is 9.79 Å². The normalized spacial score (nSPS) is 11.6. The van der Waals surface area contributed by atoms with Crippen molar-refractivity contribution in [2.75, 3.05) is 0 Å². The summed E-state index contributed by atoms with van der Waals surface area (Å²) in [5.74, 6) is 0. The van der Waals surface area contributed by atoms with Crippen LogP contribution in [0.15, 0.2) is 125 Å². The van der Waals surface area contributed by atoms with Gasteiger partial charge in [0.15, 0.2) is 4.20 Å². The first-order chi connectivity index (χ1) is 14.9. The first-order valence-corrected chi connectivity index (χ1v) is 11.3. The van der Waals surface area contributed by atoms with Gasteiger partial charge in [0.25, 0.3) is 0 Å². The van der Waals surface area contributed by atoms with Crippen LogP contribution in [0.1, 0.15) is 5.56 Å². The molecule has 0 amide bonds. The van der Waals surface area contributed by atoms with Crippen LogP contribution in [0.25, 0.3) is 11.0 Å². The van der Waals surface area contributed by atoms with Gasteiger partial charge in [0.2, 0.25) is 0 Å². The van der Waals surface area contributed by atoms with E-state index in [2.05, 4.69) is 93.9 Å². The number of rotatable bonds is 6. The second-order valence-electron chi connectivity index (χ2n) is 6.77. The van der Waals surface area contributed by atoms with Gasteiger partial charge in [0, 0.05) is 15.4 Å². The number of fused-ring (bicyclic) bond motifs is 1. The molecule has 5 aromatic rings. The average molecular weight is 426 g/mol. The zero-order valence-electron chi connectivity index (χ0n) is 16.1. The minimum absolute atomic E-state index is 0.569. The van der Waals surface area contributed by atoms with Gasteiger partial charge in [-0.05, 0) is 36.4 Å². The Hall–Kier alpha value is -3.02. The Morgan fingerprint density at radius 1 is 0.567 bits per heavy atom. The van der Waals surface area contributed by atoms with Crippen LogP contribution in [0, 0.1) is 0 Å². The van der Waals surface area contributed by atoms with Crippen molar-refractivity contribution >= 4 is 34.6 Å². The lowest BCUT2D eigenvalue weighted by atomic mass is 10.2. The molecule has 0 spiro atoms. The molecule has 0 aliphatic carbocycles. The van der Waals surface area contributed by atoms with Crippen LogP contribution in [0.5, 0.6) is 0 Å². The lowest BCUT2D eigenvalue weighted by Crippen LogP contribution is -2.29. The van der Waals surface area contributed by atoms with E-state index in [1.54, 1.807) is 23.5 Å². The molecule has 0 radical (unpaired) electrons. The summed E-state index contributed by atoms with van der Waals surface area (Å²) in [6.07, 6.45) is 0. The Labute approximate surface area is 184 Å². The molecular weight excluding hydrogens is 406 g/mol. The summed E-state index contributed by atoms with van der Waals surface area (Å²) in [4.78, 5) is 2.34. The van der Waals surface area contributed by atoms with E-state index >= 15 is 0 Å². The summed E-state index contributed by atoms with van der Waals surface area (Å²) < 4.78 is 1.49. The predicted molar refractivity (Wildman–Crippen MR) is 126 cm³/mol. The third-order valence-corrected chi connectivity index (χ3v) is 7.65. The van der Waals surface area contributed by atoms with Crippen molar-refractivity contribution in [3.05, 3.63) is 121 Å². The highest BCUT2D eigenvalue weighted by molar-refractivity contribution is 8.17. The largest absolute Gasteiger partial charge is 0.213 e. The number of para-hydroxylation sites is 1. The first-order valence-electron chi connectivity index (χ1n) is 9.70. The number of hydrogen-bond donors (Lipinski definition) is 0. The summed E-state index contributed by atoms with van der Waals surface area (Å²) in [6.45, 7) is 0. The smallest absolute Gasteiger partial charge is 0.190 e. The Morgan fingerprint density at radius 2 is 1.07 bits per heavy atom. The maximum atomic E-state index is 4.66. The van der Waals surface area contributed by atoms with Gasteiger partial charge in [-0.1, -0.05) is 108 Å². The predicted octanol–water partition coefficient (Wildman–Crippen LogP) is 6.67. The molecule has 0 bridgehead atoms. The van der Waals surface area contributed by atoms with Gasteiger partial charge >= 0.3 is 0 Å². The Balaban J connectivity index is 1.77. The molecule has 146 valence electrons. The molecule has 0 N–H and O–H groups in total. The van der Waals surface area contributed by atoms with Gasteiger partial charge in [-0.25, -0.2) is 4.68 Å². The molecule has 0 aliphatic heterocycles. The Bertz CT molecular complexity index is 1200. The molecule has 0 unspecified atom stereocenters. The number of thioether (sulfide) groups is 2. The fraction of sp³-hybridized carbons (Fsp3) is 0.0400. The third kappa shape index (κ3) is 3.62. The second kappa shape index (κ2) is 8.38. The van der Waals surface area contributed by atoms with Crippen molar-refractivity contribution in [2.45, 2.75) is 14.0 Å². The van der Waals surface area contributed by atoms with E-state index in [9.17, 15) is 0 Å². The lowest BCUT2D eigenvalue weighted by Gasteiger charge is -2.33. The number of hydrogen-bond acceptors (Lipinski definition) is 4. The van der Waals surface area contributed by atoms with Crippen LogP contribution < -0.4 is 0 Å². The zero-order valence-corrected chi connectivity index (χ0v) is 17.8. The van der Waals surface area contributed by atoms with Crippen LogP contribution in [0.3, 0.4) is 0 Å². The molecule has 3 nitrogen and oxygen atoms in total. The fourth-order valence-corrected chi connectivity index (χ4v) is 6.30. The summed E-state index contributed by atoms with van der Waals surface area (Å²) in [5, 5.41) is 9.14. The fourth-order valence-electron chi connectivity index (χ4n) is 3.38. The van der Waals surface area contributed by atoms with E-state index in [0.29, 0.717) is 0 Å². The van der Waals surface area contributed by atoms with E-state index < -0.39 is 4.20 Å². The van der Waals surface area contributed by atoms with Crippen molar-refractivity contribution in [1.82, 2.24) is 15.0 Å². The molecule has 0 atom stereocenters. The topological polar surface area (TPSA) is 30.7 Å². The zero-order chi connectivity index (χ0) is 20.2. The summed E-state index contributed by atoms with van der Waals surface area (Å²) in [5.41, 5.74) is 3.05. The number of nitrogens with zero attached hydrogens (tertiary/aromatic N) is 3. The molecule has 5 rings (SSSR count). The molecule has 0 saturated heterocycles. The highest BCUT2D eigenvalue weighted by atomic mass is 32.2. The maximum absolute atomic E-state index is 4.66. The van der Waals surface area contributed by atoms with E-state index in [1.807, 2.05) is 36.4 Å². The van der Waals surface area contributed by atoms with E-state index in [0.717, 1.165) is 16.6 Å². The van der Waals surface area contributed by atoms with Gasteiger partial charge in [-0.15, -0.1) is 5.10 Å². The highest BCUT2D eigenvalue weighted by Gasteiger charge is 2.39. The molecule has 0 saturated carbocycles. The first kappa shape index (κ1) is 19.0. The SMILES string of the molecule is c1ccc(SC(Sc2ccccc2)(c2ccccc2)n2nnc3ccccc32)cc1. The quantitative estimate of drug-likeness (QED) is 0.224. The molecule has 1 aromatic heterocycles. The van der Waals surface area contributed by atoms with Crippen molar-refractivity contribution in [3.8, 4) is 0 Å². The second-order valence-corrected chi connectivity index (χ2v) is 9.56. The van der Waals surface area contributed by atoms with Gasteiger partial charge in [0.1, 0.15) is 5.52 Å². The van der Waals surface area contributed by atoms with E-state index in [4.69, 9.17) is 0 Å². The molecular formula is C25H19N3S2.